The summed E-state index contributed by atoms with van der Waals surface area (Å²) in [7, 11) is 0. The van der Waals surface area contributed by atoms with Gasteiger partial charge in [-0.25, -0.2) is 4.68 Å². The number of aliphatic hydroxyl groups excluding tert-OH is 1. The topological polar surface area (TPSA) is 84.4 Å². The summed E-state index contributed by atoms with van der Waals surface area (Å²) in [5.74, 6) is -0.149. The monoisotopic (exact) mass is 272 g/mol. The summed E-state index contributed by atoms with van der Waals surface area (Å²) in [5.41, 5.74) is 7.57. The summed E-state index contributed by atoms with van der Waals surface area (Å²) in [6.45, 7) is 0.953. The third-order valence-electron chi connectivity index (χ3n) is 3.39. The Hall–Kier alpha value is -2.34. The number of amides is 1. The van der Waals surface area contributed by atoms with E-state index in [1.807, 2.05) is 12.1 Å². The predicted molar refractivity (Wildman–Crippen MR) is 74.5 cm³/mol. The number of carbonyl (C=O) groups is 1. The summed E-state index contributed by atoms with van der Waals surface area (Å²) in [4.78, 5) is 13.8. The quantitative estimate of drug-likeness (QED) is 0.787. The number of aromatic nitrogens is 2. The SMILES string of the molecule is Nc1cccc(-n2ccc(C(=O)N3CCC(O)C3)n2)c1. The molecule has 1 atom stereocenters. The van der Waals surface area contributed by atoms with E-state index in [0.717, 1.165) is 5.69 Å². The highest BCUT2D eigenvalue weighted by molar-refractivity contribution is 5.92. The lowest BCUT2D eigenvalue weighted by Gasteiger charge is -2.13. The van der Waals surface area contributed by atoms with E-state index >= 15 is 0 Å². The van der Waals surface area contributed by atoms with Crippen LogP contribution in [-0.2, 0) is 0 Å². The average Bonchev–Trinajstić information content (AvgIpc) is 3.07. The number of aliphatic hydroxyl groups is 1. The Morgan fingerprint density at radius 3 is 2.95 bits per heavy atom. The second-order valence-corrected chi connectivity index (χ2v) is 4.93. The molecule has 3 rings (SSSR count). The van der Waals surface area contributed by atoms with Gasteiger partial charge in [0.1, 0.15) is 0 Å². The van der Waals surface area contributed by atoms with Crippen molar-refractivity contribution >= 4 is 11.6 Å². The van der Waals surface area contributed by atoms with Crippen LogP contribution in [0.4, 0.5) is 5.69 Å². The Bertz CT molecular complexity index is 638. The fourth-order valence-corrected chi connectivity index (χ4v) is 2.34. The van der Waals surface area contributed by atoms with Crippen molar-refractivity contribution in [3.8, 4) is 5.69 Å². The Balaban J connectivity index is 1.81. The van der Waals surface area contributed by atoms with Crippen LogP contribution in [0, 0.1) is 0 Å². The maximum Gasteiger partial charge on any atom is 0.274 e. The van der Waals surface area contributed by atoms with Gasteiger partial charge in [-0.3, -0.25) is 4.79 Å². The van der Waals surface area contributed by atoms with Crippen LogP contribution in [0.1, 0.15) is 16.9 Å². The second-order valence-electron chi connectivity index (χ2n) is 4.93. The van der Waals surface area contributed by atoms with Crippen molar-refractivity contribution in [2.75, 3.05) is 18.8 Å². The molecule has 6 heteroatoms. The largest absolute Gasteiger partial charge is 0.399 e. The zero-order chi connectivity index (χ0) is 14.1. The third kappa shape index (κ3) is 2.37. The van der Waals surface area contributed by atoms with Crippen molar-refractivity contribution in [1.29, 1.82) is 0 Å². The van der Waals surface area contributed by atoms with E-state index in [-0.39, 0.29) is 5.91 Å². The minimum absolute atomic E-state index is 0.149. The van der Waals surface area contributed by atoms with Gasteiger partial charge in [-0.05, 0) is 30.7 Å². The molecule has 1 aliphatic rings. The molecule has 1 aliphatic heterocycles. The van der Waals surface area contributed by atoms with Crippen LogP contribution in [0.5, 0.6) is 0 Å². The highest BCUT2D eigenvalue weighted by Crippen LogP contribution is 2.15. The number of carbonyl (C=O) groups excluding carboxylic acids is 1. The summed E-state index contributed by atoms with van der Waals surface area (Å²) in [5, 5.41) is 13.8. The van der Waals surface area contributed by atoms with Gasteiger partial charge in [0, 0.05) is 25.0 Å². The molecule has 0 bridgehead atoms. The highest BCUT2D eigenvalue weighted by atomic mass is 16.3. The number of nitrogens with two attached hydrogens (primary N) is 1. The number of benzene rings is 1. The fourth-order valence-electron chi connectivity index (χ4n) is 2.34. The number of β-amino-alcohol motifs (C(OH)–C–C–N with tert-alkyl or cyclic N) is 1. The Labute approximate surface area is 116 Å². The van der Waals surface area contributed by atoms with Crippen LogP contribution in [0.15, 0.2) is 36.5 Å². The molecule has 104 valence electrons. The lowest BCUT2D eigenvalue weighted by molar-refractivity contribution is 0.0759. The van der Waals surface area contributed by atoms with Crippen molar-refractivity contribution in [3.05, 3.63) is 42.2 Å². The molecular formula is C14H16N4O2. The van der Waals surface area contributed by atoms with Gasteiger partial charge in [0.05, 0.1) is 11.8 Å². The first-order valence-electron chi connectivity index (χ1n) is 6.52. The number of hydrogen-bond acceptors (Lipinski definition) is 4. The molecule has 3 N–H and O–H groups in total. The second kappa shape index (κ2) is 4.97. The van der Waals surface area contributed by atoms with Crippen LogP contribution in [0.2, 0.25) is 0 Å². The summed E-state index contributed by atoms with van der Waals surface area (Å²) in [6, 6.07) is 8.98. The van der Waals surface area contributed by atoms with Crippen LogP contribution < -0.4 is 5.73 Å². The first kappa shape index (κ1) is 12.7. The number of likely N-dealkylation sites (tertiary alicyclic amines) is 1. The van der Waals surface area contributed by atoms with Crippen molar-refractivity contribution in [2.24, 2.45) is 0 Å². The molecule has 1 unspecified atom stereocenters. The molecule has 0 saturated carbocycles. The van der Waals surface area contributed by atoms with Gasteiger partial charge in [0.15, 0.2) is 5.69 Å². The van der Waals surface area contributed by atoms with Crippen LogP contribution in [0.25, 0.3) is 5.69 Å². The van der Waals surface area contributed by atoms with Crippen molar-refractivity contribution in [3.63, 3.8) is 0 Å². The summed E-state index contributed by atoms with van der Waals surface area (Å²) < 4.78 is 1.62. The van der Waals surface area contributed by atoms with Crippen LogP contribution in [-0.4, -0.2) is 44.9 Å². The molecule has 2 heterocycles. The molecule has 1 amide bonds. The number of nitrogen functional groups attached to an aromatic ring is 1. The maximum absolute atomic E-state index is 12.2. The fraction of sp³-hybridized carbons (Fsp3) is 0.286. The zero-order valence-corrected chi connectivity index (χ0v) is 10.9. The van der Waals surface area contributed by atoms with Gasteiger partial charge in [0.25, 0.3) is 5.91 Å². The van der Waals surface area contributed by atoms with Gasteiger partial charge in [-0.2, -0.15) is 5.10 Å². The number of nitrogens with zero attached hydrogens (tertiary/aromatic N) is 3. The van der Waals surface area contributed by atoms with Gasteiger partial charge in [0.2, 0.25) is 0 Å². The van der Waals surface area contributed by atoms with Crippen molar-refractivity contribution in [2.45, 2.75) is 12.5 Å². The molecule has 0 spiro atoms. The van der Waals surface area contributed by atoms with Crippen molar-refractivity contribution in [1.82, 2.24) is 14.7 Å². The highest BCUT2D eigenvalue weighted by Gasteiger charge is 2.26. The lowest BCUT2D eigenvalue weighted by atomic mass is 10.3. The van der Waals surface area contributed by atoms with Crippen LogP contribution >= 0.6 is 0 Å². The predicted octanol–water partition coefficient (Wildman–Crippen LogP) is 0.661. The molecule has 2 aromatic rings. The third-order valence-corrected chi connectivity index (χ3v) is 3.39. The smallest absolute Gasteiger partial charge is 0.274 e. The molecule has 0 radical (unpaired) electrons. The first-order valence-corrected chi connectivity index (χ1v) is 6.52. The summed E-state index contributed by atoms with van der Waals surface area (Å²) in [6.07, 6.45) is 1.94. The molecule has 1 fully saturated rings. The van der Waals surface area contributed by atoms with E-state index in [2.05, 4.69) is 5.10 Å². The molecule has 20 heavy (non-hydrogen) atoms. The van der Waals surface area contributed by atoms with Gasteiger partial charge in [-0.1, -0.05) is 6.07 Å². The zero-order valence-electron chi connectivity index (χ0n) is 10.9. The lowest BCUT2D eigenvalue weighted by Crippen LogP contribution is -2.29. The first-order chi connectivity index (χ1) is 9.63. The van der Waals surface area contributed by atoms with E-state index < -0.39 is 6.10 Å². The molecule has 1 aromatic carbocycles. The van der Waals surface area contributed by atoms with Gasteiger partial charge >= 0.3 is 0 Å². The maximum atomic E-state index is 12.2. The number of rotatable bonds is 2. The van der Waals surface area contributed by atoms with E-state index in [0.29, 0.717) is 30.9 Å². The Kier molecular flexibility index (Phi) is 3.15. The van der Waals surface area contributed by atoms with E-state index in [4.69, 9.17) is 5.73 Å². The van der Waals surface area contributed by atoms with Gasteiger partial charge < -0.3 is 15.7 Å². The number of anilines is 1. The van der Waals surface area contributed by atoms with Crippen molar-refractivity contribution < 1.29 is 9.90 Å². The van der Waals surface area contributed by atoms with Crippen LogP contribution in [0.3, 0.4) is 0 Å². The molecular weight excluding hydrogens is 256 g/mol. The molecule has 0 aliphatic carbocycles. The van der Waals surface area contributed by atoms with Gasteiger partial charge in [-0.15, -0.1) is 0 Å². The molecule has 1 saturated heterocycles. The molecule has 1 aromatic heterocycles. The Morgan fingerprint density at radius 2 is 2.25 bits per heavy atom. The Morgan fingerprint density at radius 1 is 1.40 bits per heavy atom. The minimum atomic E-state index is -0.421. The summed E-state index contributed by atoms with van der Waals surface area (Å²) >= 11 is 0. The standard InChI is InChI=1S/C14H16N4O2/c15-10-2-1-3-11(8-10)18-7-5-13(16-18)14(20)17-6-4-12(19)9-17/h1-3,5,7-8,12,19H,4,6,9,15H2. The molecule has 6 nitrogen and oxygen atoms in total. The van der Waals surface area contributed by atoms with E-state index in [9.17, 15) is 9.90 Å². The normalized spacial score (nSPS) is 18.4. The number of hydrogen-bond donors (Lipinski definition) is 2. The van der Waals surface area contributed by atoms with E-state index in [1.165, 1.54) is 0 Å². The minimum Gasteiger partial charge on any atom is -0.399 e. The average molecular weight is 272 g/mol. The van der Waals surface area contributed by atoms with E-state index in [1.54, 1.807) is 34.0 Å².